The van der Waals surface area contributed by atoms with Gasteiger partial charge < -0.3 is 16.4 Å². The Labute approximate surface area is 183 Å². The molecule has 0 radical (unpaired) electrons. The molecule has 0 atom stereocenters. The van der Waals surface area contributed by atoms with Gasteiger partial charge in [-0.15, -0.1) is 0 Å². The lowest BCUT2D eigenvalue weighted by atomic mass is 10.2. The zero-order valence-electron chi connectivity index (χ0n) is 16.1. The van der Waals surface area contributed by atoms with E-state index in [1.807, 2.05) is 0 Å². The Balaban J connectivity index is 1.65. The predicted octanol–water partition coefficient (Wildman–Crippen LogP) is 2.38. The summed E-state index contributed by atoms with van der Waals surface area (Å²) < 4.78 is 13.7. The van der Waals surface area contributed by atoms with Crippen LogP contribution in [0.3, 0.4) is 0 Å². The summed E-state index contributed by atoms with van der Waals surface area (Å²) in [5, 5.41) is 15.5. The maximum atomic E-state index is 13.7. The number of non-ortho nitro benzene ring substituents is 1. The van der Waals surface area contributed by atoms with Gasteiger partial charge in [0.2, 0.25) is 5.91 Å². The molecule has 0 saturated heterocycles. The van der Waals surface area contributed by atoms with Crippen molar-refractivity contribution in [2.24, 2.45) is 0 Å². The number of anilines is 3. The summed E-state index contributed by atoms with van der Waals surface area (Å²) in [5.41, 5.74) is 4.38. The third-order valence-corrected chi connectivity index (χ3v) is 4.84. The smallest absolute Gasteiger partial charge is 0.277 e. The minimum atomic E-state index is -0.876. The van der Waals surface area contributed by atoms with Gasteiger partial charge in [0.1, 0.15) is 11.5 Å². The minimum Gasteiger partial charge on any atom is -0.382 e. The maximum Gasteiger partial charge on any atom is 0.277 e. The highest BCUT2D eigenvalue weighted by Gasteiger charge is 2.17. The number of nitrogens with zero attached hydrogens (tertiary/aromatic N) is 2. The third-order valence-electron chi connectivity index (χ3n) is 3.96. The molecule has 0 unspecified atom stereocenters. The predicted molar refractivity (Wildman–Crippen MR) is 116 cm³/mol. The van der Waals surface area contributed by atoms with Crippen LogP contribution >= 0.6 is 11.8 Å². The van der Waals surface area contributed by atoms with Gasteiger partial charge in [0.15, 0.2) is 11.0 Å². The molecule has 0 fully saturated rings. The van der Waals surface area contributed by atoms with Crippen molar-refractivity contribution in [1.29, 1.82) is 0 Å². The Bertz CT molecular complexity index is 1260. The molecule has 0 aliphatic carbocycles. The van der Waals surface area contributed by atoms with E-state index in [-0.39, 0.29) is 39.4 Å². The summed E-state index contributed by atoms with van der Waals surface area (Å²) in [6, 6.07) is 10.6. The molecule has 0 aliphatic rings. The SMILES string of the molecule is Nc1nc(SCC(=O)Nc2cccc([N+](=O)[O-])c2)[nH]c(=O)c1NC(=O)c1ccccc1F. The van der Waals surface area contributed by atoms with Crippen molar-refractivity contribution < 1.29 is 18.9 Å². The number of H-pyrrole nitrogens is 1. The monoisotopic (exact) mass is 458 g/mol. The van der Waals surface area contributed by atoms with Gasteiger partial charge in [-0.1, -0.05) is 30.0 Å². The van der Waals surface area contributed by atoms with Crippen molar-refractivity contribution >= 4 is 46.5 Å². The lowest BCUT2D eigenvalue weighted by Crippen LogP contribution is -2.24. The van der Waals surface area contributed by atoms with E-state index in [1.54, 1.807) is 0 Å². The van der Waals surface area contributed by atoms with Crippen molar-refractivity contribution in [2.75, 3.05) is 22.1 Å². The van der Waals surface area contributed by atoms with Gasteiger partial charge in [0, 0.05) is 17.8 Å². The quantitative estimate of drug-likeness (QED) is 0.181. The van der Waals surface area contributed by atoms with Crippen LogP contribution in [0.2, 0.25) is 0 Å². The Kier molecular flexibility index (Phi) is 6.80. The van der Waals surface area contributed by atoms with E-state index in [9.17, 15) is 28.9 Å². The molecule has 13 heteroatoms. The number of hydrogen-bond acceptors (Lipinski definition) is 8. The second kappa shape index (κ2) is 9.70. The van der Waals surface area contributed by atoms with Gasteiger partial charge in [-0.05, 0) is 18.2 Å². The Morgan fingerprint density at radius 1 is 1.19 bits per heavy atom. The number of nitro groups is 1. The minimum absolute atomic E-state index is 0.00517. The summed E-state index contributed by atoms with van der Waals surface area (Å²) in [4.78, 5) is 53.1. The van der Waals surface area contributed by atoms with E-state index >= 15 is 0 Å². The number of nitrogens with one attached hydrogen (secondary N) is 3. The molecule has 1 aromatic heterocycles. The summed E-state index contributed by atoms with van der Waals surface area (Å²) in [6.07, 6.45) is 0. The summed E-state index contributed by atoms with van der Waals surface area (Å²) >= 11 is 0.848. The molecule has 2 aromatic carbocycles. The number of carbonyl (C=O) groups excluding carboxylic acids is 2. The van der Waals surface area contributed by atoms with Crippen molar-refractivity contribution in [3.8, 4) is 0 Å². The van der Waals surface area contributed by atoms with Crippen LogP contribution in [0.4, 0.5) is 27.3 Å². The highest BCUT2D eigenvalue weighted by atomic mass is 32.2. The van der Waals surface area contributed by atoms with Crippen LogP contribution in [0.15, 0.2) is 58.5 Å². The Morgan fingerprint density at radius 2 is 1.94 bits per heavy atom. The lowest BCUT2D eigenvalue weighted by molar-refractivity contribution is -0.384. The molecule has 3 rings (SSSR count). The molecule has 11 nitrogen and oxygen atoms in total. The number of nitrogen functional groups attached to an aromatic ring is 1. The van der Waals surface area contributed by atoms with Gasteiger partial charge in [0.05, 0.1) is 16.2 Å². The van der Waals surface area contributed by atoms with Crippen LogP contribution in [0, 0.1) is 15.9 Å². The number of nitrogens with two attached hydrogens (primary N) is 1. The highest BCUT2D eigenvalue weighted by molar-refractivity contribution is 7.99. The fourth-order valence-corrected chi connectivity index (χ4v) is 3.18. The number of aromatic amines is 1. The number of amides is 2. The molecule has 164 valence electrons. The average molecular weight is 458 g/mol. The van der Waals surface area contributed by atoms with Gasteiger partial charge >= 0.3 is 0 Å². The second-order valence-electron chi connectivity index (χ2n) is 6.21. The molecular weight excluding hydrogens is 443 g/mol. The van der Waals surface area contributed by atoms with E-state index in [4.69, 9.17) is 5.73 Å². The number of nitro benzene ring substituents is 1. The first-order valence-electron chi connectivity index (χ1n) is 8.87. The van der Waals surface area contributed by atoms with Crippen molar-refractivity contribution in [1.82, 2.24) is 9.97 Å². The summed E-state index contributed by atoms with van der Waals surface area (Å²) in [6.45, 7) is 0. The number of benzene rings is 2. The largest absolute Gasteiger partial charge is 0.382 e. The number of aromatic nitrogens is 2. The van der Waals surface area contributed by atoms with Crippen LogP contribution in [0.5, 0.6) is 0 Å². The van der Waals surface area contributed by atoms with Gasteiger partial charge in [-0.25, -0.2) is 9.37 Å². The summed E-state index contributed by atoms with van der Waals surface area (Å²) in [7, 11) is 0. The fraction of sp³-hybridized carbons (Fsp3) is 0.0526. The molecule has 5 N–H and O–H groups in total. The lowest BCUT2D eigenvalue weighted by Gasteiger charge is -2.09. The zero-order chi connectivity index (χ0) is 23.3. The van der Waals surface area contributed by atoms with E-state index in [0.29, 0.717) is 0 Å². The summed E-state index contributed by atoms with van der Waals surface area (Å²) in [5.74, 6) is -2.66. The first-order chi connectivity index (χ1) is 15.2. The number of hydrogen-bond donors (Lipinski definition) is 4. The molecule has 2 amide bonds. The molecule has 3 aromatic rings. The fourth-order valence-electron chi connectivity index (χ4n) is 2.51. The first-order valence-corrected chi connectivity index (χ1v) is 9.86. The number of halogens is 1. The molecule has 0 bridgehead atoms. The molecule has 0 spiro atoms. The zero-order valence-corrected chi connectivity index (χ0v) is 16.9. The Morgan fingerprint density at radius 3 is 2.62 bits per heavy atom. The third kappa shape index (κ3) is 5.46. The normalized spacial score (nSPS) is 10.4. The van der Waals surface area contributed by atoms with Crippen LogP contribution in [-0.4, -0.2) is 32.5 Å². The molecule has 0 saturated carbocycles. The van der Waals surface area contributed by atoms with Gasteiger partial charge in [0.25, 0.3) is 17.2 Å². The van der Waals surface area contributed by atoms with Crippen LogP contribution in [0.1, 0.15) is 10.4 Å². The van der Waals surface area contributed by atoms with E-state index in [0.717, 1.165) is 17.8 Å². The Hall–Kier alpha value is -4.26. The van der Waals surface area contributed by atoms with Crippen molar-refractivity contribution in [2.45, 2.75) is 5.16 Å². The average Bonchev–Trinajstić information content (AvgIpc) is 2.75. The molecule has 1 heterocycles. The van der Waals surface area contributed by atoms with E-state index in [1.165, 1.54) is 42.5 Å². The van der Waals surface area contributed by atoms with Gasteiger partial charge in [-0.3, -0.25) is 29.5 Å². The molecule has 32 heavy (non-hydrogen) atoms. The first kappa shape index (κ1) is 22.4. The topological polar surface area (TPSA) is 173 Å². The number of carbonyl (C=O) groups is 2. The number of thioether (sulfide) groups is 1. The van der Waals surface area contributed by atoms with Crippen molar-refractivity contribution in [3.05, 3.63) is 80.4 Å². The second-order valence-corrected chi connectivity index (χ2v) is 7.17. The van der Waals surface area contributed by atoms with E-state index in [2.05, 4.69) is 20.6 Å². The van der Waals surface area contributed by atoms with Crippen molar-refractivity contribution in [3.63, 3.8) is 0 Å². The van der Waals surface area contributed by atoms with Crippen LogP contribution in [-0.2, 0) is 4.79 Å². The van der Waals surface area contributed by atoms with Crippen LogP contribution in [0.25, 0.3) is 0 Å². The maximum absolute atomic E-state index is 13.7. The van der Waals surface area contributed by atoms with Gasteiger partial charge in [-0.2, -0.15) is 0 Å². The van der Waals surface area contributed by atoms with E-state index < -0.39 is 28.1 Å². The molecule has 0 aliphatic heterocycles. The number of rotatable bonds is 7. The van der Waals surface area contributed by atoms with Crippen LogP contribution < -0.4 is 21.9 Å². The highest BCUT2D eigenvalue weighted by Crippen LogP contribution is 2.20. The standard InChI is InChI=1S/C19H15FN6O5S/c20-13-7-2-1-6-12(13)17(28)23-15-16(21)24-19(25-18(15)29)32-9-14(27)22-10-4-3-5-11(8-10)26(30)31/h1-8H,9H2,(H,22,27)(H,23,28)(H3,21,24,25,29). The molecular formula is C19H15FN6O5S.